The van der Waals surface area contributed by atoms with Crippen molar-refractivity contribution in [2.45, 2.75) is 25.4 Å². The molecule has 0 saturated carbocycles. The van der Waals surface area contributed by atoms with Gasteiger partial charge in [0, 0.05) is 18.7 Å². The standard InChI is InChI=1S/C25H26N6O3/c1-33-20-7-3-2-6-19(20)25(32)27-13-16-8-10-17(11-9-16)22-21-23(26)28-15-29-24(21)31(30-22)18-5-4-12-34-14-18/h2-3,6-11,15,18H,4-5,12-14H2,1H3,(H,27,32)(H2,26,28,29). The Hall–Kier alpha value is -3.98. The number of hydrogen-bond acceptors (Lipinski definition) is 7. The quantitative estimate of drug-likeness (QED) is 0.455. The fraction of sp³-hybridized carbons (Fsp3) is 0.280. The highest BCUT2D eigenvalue weighted by atomic mass is 16.5. The number of carbonyl (C=O) groups is 1. The van der Waals surface area contributed by atoms with Gasteiger partial charge in [0.2, 0.25) is 0 Å². The number of nitrogens with one attached hydrogen (secondary N) is 1. The summed E-state index contributed by atoms with van der Waals surface area (Å²) in [4.78, 5) is 21.2. The highest BCUT2D eigenvalue weighted by Gasteiger charge is 2.24. The Morgan fingerprint density at radius 2 is 2.03 bits per heavy atom. The minimum atomic E-state index is -0.189. The number of benzene rings is 2. The third-order valence-electron chi connectivity index (χ3n) is 6.03. The average Bonchev–Trinajstić information content (AvgIpc) is 3.29. The summed E-state index contributed by atoms with van der Waals surface area (Å²) in [5, 5.41) is 8.56. The van der Waals surface area contributed by atoms with Gasteiger partial charge in [-0.3, -0.25) is 4.79 Å². The number of para-hydroxylation sites is 1. The minimum Gasteiger partial charge on any atom is -0.496 e. The number of nitrogens with two attached hydrogens (primary N) is 1. The first-order valence-electron chi connectivity index (χ1n) is 11.2. The predicted octanol–water partition coefficient (Wildman–Crippen LogP) is 3.37. The average molecular weight is 459 g/mol. The van der Waals surface area contributed by atoms with Crippen molar-refractivity contribution < 1.29 is 14.3 Å². The molecule has 0 aliphatic carbocycles. The molecule has 2 aromatic heterocycles. The normalized spacial score (nSPS) is 15.9. The van der Waals surface area contributed by atoms with E-state index >= 15 is 0 Å². The number of hydrogen-bond donors (Lipinski definition) is 2. The Balaban J connectivity index is 1.38. The fourth-order valence-electron chi connectivity index (χ4n) is 4.26. The van der Waals surface area contributed by atoms with Gasteiger partial charge in [0.05, 0.1) is 30.7 Å². The molecule has 0 spiro atoms. The van der Waals surface area contributed by atoms with Gasteiger partial charge in [0.15, 0.2) is 5.65 Å². The highest BCUT2D eigenvalue weighted by Crippen LogP contribution is 2.33. The van der Waals surface area contributed by atoms with Crippen LogP contribution in [0.5, 0.6) is 5.75 Å². The van der Waals surface area contributed by atoms with Gasteiger partial charge in [-0.2, -0.15) is 5.10 Å². The van der Waals surface area contributed by atoms with Crippen molar-refractivity contribution in [2.75, 3.05) is 26.1 Å². The molecule has 1 aliphatic heterocycles. The number of ether oxygens (including phenoxy) is 2. The second-order valence-electron chi connectivity index (χ2n) is 8.20. The van der Waals surface area contributed by atoms with Crippen molar-refractivity contribution in [1.82, 2.24) is 25.1 Å². The van der Waals surface area contributed by atoms with Gasteiger partial charge in [-0.25, -0.2) is 14.6 Å². The van der Waals surface area contributed by atoms with E-state index in [1.54, 1.807) is 19.2 Å². The van der Waals surface area contributed by atoms with Crippen LogP contribution >= 0.6 is 0 Å². The molecule has 1 saturated heterocycles. The van der Waals surface area contributed by atoms with Gasteiger partial charge in [-0.1, -0.05) is 36.4 Å². The van der Waals surface area contributed by atoms with Gasteiger partial charge in [-0.15, -0.1) is 0 Å². The highest BCUT2D eigenvalue weighted by molar-refractivity contribution is 5.98. The molecular formula is C25H26N6O3. The van der Waals surface area contributed by atoms with Crippen LogP contribution in [0, 0.1) is 0 Å². The first-order chi connectivity index (χ1) is 16.7. The second-order valence-corrected chi connectivity index (χ2v) is 8.20. The first kappa shape index (κ1) is 21.8. The molecular weight excluding hydrogens is 432 g/mol. The summed E-state index contributed by atoms with van der Waals surface area (Å²) in [7, 11) is 1.55. The smallest absolute Gasteiger partial charge is 0.255 e. The summed E-state index contributed by atoms with van der Waals surface area (Å²) < 4.78 is 12.9. The van der Waals surface area contributed by atoms with E-state index in [0.717, 1.165) is 41.7 Å². The minimum absolute atomic E-state index is 0.115. The molecule has 4 aromatic rings. The zero-order valence-electron chi connectivity index (χ0n) is 18.9. The van der Waals surface area contributed by atoms with E-state index < -0.39 is 0 Å². The number of nitrogens with zero attached hydrogens (tertiary/aromatic N) is 4. The lowest BCUT2D eigenvalue weighted by Crippen LogP contribution is -2.23. The second kappa shape index (κ2) is 9.48. The molecule has 1 atom stereocenters. The third-order valence-corrected chi connectivity index (χ3v) is 6.03. The fourth-order valence-corrected chi connectivity index (χ4v) is 4.26. The molecule has 3 N–H and O–H groups in total. The Bertz CT molecular complexity index is 1310. The number of nitrogen functional groups attached to an aromatic ring is 1. The van der Waals surface area contributed by atoms with Crippen molar-refractivity contribution in [3.05, 3.63) is 66.0 Å². The first-order valence-corrected chi connectivity index (χ1v) is 11.2. The summed E-state index contributed by atoms with van der Waals surface area (Å²) in [6.45, 7) is 1.76. The molecule has 34 heavy (non-hydrogen) atoms. The van der Waals surface area contributed by atoms with Crippen LogP contribution in [0.3, 0.4) is 0 Å². The third kappa shape index (κ3) is 4.17. The van der Waals surface area contributed by atoms with Crippen LogP contribution < -0.4 is 15.8 Å². The summed E-state index contributed by atoms with van der Waals surface area (Å²) >= 11 is 0. The van der Waals surface area contributed by atoms with E-state index in [1.165, 1.54) is 6.33 Å². The number of methoxy groups -OCH3 is 1. The SMILES string of the molecule is COc1ccccc1C(=O)NCc1ccc(-c2nn(C3CCCOC3)c3ncnc(N)c23)cc1. The lowest BCUT2D eigenvalue weighted by molar-refractivity contribution is 0.0564. The monoisotopic (exact) mass is 458 g/mol. The Morgan fingerprint density at radius 3 is 2.79 bits per heavy atom. The molecule has 3 heterocycles. The zero-order chi connectivity index (χ0) is 23.5. The molecule has 5 rings (SSSR count). The number of aromatic nitrogens is 4. The van der Waals surface area contributed by atoms with Crippen LogP contribution in [0.4, 0.5) is 5.82 Å². The van der Waals surface area contributed by atoms with Crippen molar-refractivity contribution >= 4 is 22.8 Å². The summed E-state index contributed by atoms with van der Waals surface area (Å²) in [5.41, 5.74) is 10.1. The maximum Gasteiger partial charge on any atom is 0.255 e. The topological polar surface area (TPSA) is 117 Å². The largest absolute Gasteiger partial charge is 0.496 e. The van der Waals surface area contributed by atoms with Gasteiger partial charge >= 0.3 is 0 Å². The molecule has 1 amide bonds. The summed E-state index contributed by atoms with van der Waals surface area (Å²) in [6.07, 6.45) is 3.43. The Labute approximate surface area is 196 Å². The number of carbonyl (C=O) groups excluding carboxylic acids is 1. The molecule has 9 nitrogen and oxygen atoms in total. The number of fused-ring (bicyclic) bond motifs is 1. The maximum atomic E-state index is 12.6. The molecule has 0 bridgehead atoms. The van der Waals surface area contributed by atoms with Crippen LogP contribution in [0.2, 0.25) is 0 Å². The van der Waals surface area contributed by atoms with Gasteiger partial charge in [-0.05, 0) is 30.5 Å². The predicted molar refractivity (Wildman–Crippen MR) is 128 cm³/mol. The molecule has 1 fully saturated rings. The molecule has 9 heteroatoms. The van der Waals surface area contributed by atoms with E-state index in [9.17, 15) is 4.79 Å². The number of rotatable bonds is 6. The molecule has 1 aliphatic rings. The van der Waals surface area contributed by atoms with Crippen LogP contribution in [0.1, 0.15) is 34.8 Å². The van der Waals surface area contributed by atoms with Crippen LogP contribution in [0.25, 0.3) is 22.3 Å². The van der Waals surface area contributed by atoms with Crippen molar-refractivity contribution in [3.63, 3.8) is 0 Å². The van der Waals surface area contributed by atoms with Crippen LogP contribution in [-0.2, 0) is 11.3 Å². The Kier molecular flexibility index (Phi) is 6.09. The zero-order valence-corrected chi connectivity index (χ0v) is 18.9. The van der Waals surface area contributed by atoms with Crippen molar-refractivity contribution in [2.24, 2.45) is 0 Å². The van der Waals surface area contributed by atoms with Crippen molar-refractivity contribution in [1.29, 1.82) is 0 Å². The maximum absolute atomic E-state index is 12.6. The van der Waals surface area contributed by atoms with Gasteiger partial charge < -0.3 is 20.5 Å². The van der Waals surface area contributed by atoms with Gasteiger partial charge in [0.1, 0.15) is 23.6 Å². The van der Waals surface area contributed by atoms with E-state index in [2.05, 4.69) is 15.3 Å². The number of anilines is 1. The van der Waals surface area contributed by atoms with E-state index in [-0.39, 0.29) is 11.9 Å². The van der Waals surface area contributed by atoms with Crippen LogP contribution in [0.15, 0.2) is 54.9 Å². The Morgan fingerprint density at radius 1 is 1.21 bits per heavy atom. The van der Waals surface area contributed by atoms with E-state index in [4.69, 9.17) is 20.3 Å². The molecule has 174 valence electrons. The summed E-state index contributed by atoms with van der Waals surface area (Å²) in [5.74, 6) is 0.753. The van der Waals surface area contributed by atoms with Gasteiger partial charge in [0.25, 0.3) is 5.91 Å². The molecule has 0 radical (unpaired) electrons. The summed E-state index contributed by atoms with van der Waals surface area (Å²) in [6, 6.07) is 15.1. The van der Waals surface area contributed by atoms with Crippen LogP contribution in [-0.4, -0.2) is 46.0 Å². The molecule has 1 unspecified atom stereocenters. The molecule has 2 aromatic carbocycles. The van der Waals surface area contributed by atoms with E-state index in [0.29, 0.717) is 35.9 Å². The van der Waals surface area contributed by atoms with Crippen molar-refractivity contribution in [3.8, 4) is 17.0 Å². The lowest BCUT2D eigenvalue weighted by atomic mass is 10.1. The number of amides is 1. The lowest BCUT2D eigenvalue weighted by Gasteiger charge is -2.22. The van der Waals surface area contributed by atoms with E-state index in [1.807, 2.05) is 41.1 Å².